The van der Waals surface area contributed by atoms with Gasteiger partial charge >= 0.3 is 0 Å². The second-order valence-corrected chi connectivity index (χ2v) is 4.36. The highest BCUT2D eigenvalue weighted by Crippen LogP contribution is 2.29. The summed E-state index contributed by atoms with van der Waals surface area (Å²) >= 11 is 0. The van der Waals surface area contributed by atoms with E-state index in [1.54, 1.807) is 0 Å². The van der Waals surface area contributed by atoms with Crippen LogP contribution in [0.1, 0.15) is 34.1 Å². The molecule has 1 rings (SSSR count). The highest BCUT2D eigenvalue weighted by Gasteiger charge is 2.29. The van der Waals surface area contributed by atoms with Gasteiger partial charge in [0.1, 0.15) is 0 Å². The van der Waals surface area contributed by atoms with Gasteiger partial charge < -0.3 is 4.74 Å². The van der Waals surface area contributed by atoms with Crippen LogP contribution < -0.4 is 0 Å². The fourth-order valence-electron chi connectivity index (χ4n) is 1.61. The Morgan fingerprint density at radius 2 is 1.73 bits per heavy atom. The third kappa shape index (κ3) is 2.19. The average molecular weight is 156 g/mol. The van der Waals surface area contributed by atoms with E-state index in [4.69, 9.17) is 4.74 Å². The molecule has 0 N–H and O–H groups in total. The third-order valence-corrected chi connectivity index (χ3v) is 2.75. The zero-order valence-electron chi connectivity index (χ0n) is 8.13. The van der Waals surface area contributed by atoms with Crippen LogP contribution in [-0.4, -0.2) is 12.7 Å². The molecule has 1 aliphatic heterocycles. The van der Waals surface area contributed by atoms with Crippen LogP contribution in [0.4, 0.5) is 0 Å². The van der Waals surface area contributed by atoms with Crippen molar-refractivity contribution in [1.29, 1.82) is 0 Å². The van der Waals surface area contributed by atoms with Crippen molar-refractivity contribution in [2.75, 3.05) is 6.61 Å². The summed E-state index contributed by atoms with van der Waals surface area (Å²) < 4.78 is 5.69. The first-order valence-electron chi connectivity index (χ1n) is 4.73. The summed E-state index contributed by atoms with van der Waals surface area (Å²) in [5.41, 5.74) is 0. The van der Waals surface area contributed by atoms with Crippen LogP contribution in [0.25, 0.3) is 0 Å². The Bertz CT molecular complexity index is 104. The van der Waals surface area contributed by atoms with Gasteiger partial charge in [0, 0.05) is 0 Å². The standard InChI is InChI=1S/C10H20O/c1-7(2)9-5-10(8(3)4)11-6-9/h7-10H,5-6H2,1-4H3. The van der Waals surface area contributed by atoms with Crippen molar-refractivity contribution in [2.45, 2.75) is 40.2 Å². The maximum absolute atomic E-state index is 5.69. The van der Waals surface area contributed by atoms with Gasteiger partial charge in [-0.2, -0.15) is 0 Å². The molecule has 1 nitrogen and oxygen atoms in total. The van der Waals surface area contributed by atoms with Crippen LogP contribution in [-0.2, 0) is 4.74 Å². The summed E-state index contributed by atoms with van der Waals surface area (Å²) in [5, 5.41) is 0. The largest absolute Gasteiger partial charge is 0.378 e. The minimum absolute atomic E-state index is 0.530. The minimum atomic E-state index is 0.530. The van der Waals surface area contributed by atoms with Gasteiger partial charge in [0.15, 0.2) is 0 Å². The maximum atomic E-state index is 5.69. The van der Waals surface area contributed by atoms with E-state index in [-0.39, 0.29) is 0 Å². The molecule has 0 amide bonds. The lowest BCUT2D eigenvalue weighted by molar-refractivity contribution is 0.0715. The van der Waals surface area contributed by atoms with Crippen molar-refractivity contribution in [2.24, 2.45) is 17.8 Å². The molecule has 1 fully saturated rings. The van der Waals surface area contributed by atoms with Gasteiger partial charge in [0.05, 0.1) is 12.7 Å². The minimum Gasteiger partial charge on any atom is -0.378 e. The summed E-state index contributed by atoms with van der Waals surface area (Å²) in [4.78, 5) is 0. The van der Waals surface area contributed by atoms with E-state index in [0.717, 1.165) is 18.4 Å². The predicted octanol–water partition coefficient (Wildman–Crippen LogP) is 2.70. The van der Waals surface area contributed by atoms with Crippen LogP contribution in [0.15, 0.2) is 0 Å². The van der Waals surface area contributed by atoms with Crippen molar-refractivity contribution in [3.8, 4) is 0 Å². The number of rotatable bonds is 2. The Hall–Kier alpha value is -0.0400. The van der Waals surface area contributed by atoms with Crippen molar-refractivity contribution >= 4 is 0 Å². The summed E-state index contributed by atoms with van der Waals surface area (Å²) in [6.07, 6.45) is 1.80. The molecule has 1 aliphatic rings. The molecule has 0 saturated carbocycles. The van der Waals surface area contributed by atoms with Gasteiger partial charge in [-0.3, -0.25) is 0 Å². The Morgan fingerprint density at radius 1 is 1.09 bits per heavy atom. The summed E-state index contributed by atoms with van der Waals surface area (Å²) in [6, 6.07) is 0. The SMILES string of the molecule is CC(C)C1COC(C(C)C)C1. The van der Waals surface area contributed by atoms with E-state index in [2.05, 4.69) is 27.7 Å². The molecule has 0 aromatic rings. The van der Waals surface area contributed by atoms with Crippen LogP contribution in [0.2, 0.25) is 0 Å². The zero-order valence-corrected chi connectivity index (χ0v) is 8.13. The Kier molecular flexibility index (Phi) is 2.94. The molecular formula is C10H20O. The molecular weight excluding hydrogens is 136 g/mol. The molecule has 0 bridgehead atoms. The topological polar surface area (TPSA) is 9.23 Å². The Labute approximate surface area is 70.1 Å². The van der Waals surface area contributed by atoms with Gasteiger partial charge in [0.2, 0.25) is 0 Å². The highest BCUT2D eigenvalue weighted by molar-refractivity contribution is 4.77. The molecule has 0 aromatic heterocycles. The predicted molar refractivity (Wildman–Crippen MR) is 47.5 cm³/mol. The zero-order chi connectivity index (χ0) is 8.43. The molecule has 1 saturated heterocycles. The van der Waals surface area contributed by atoms with Crippen molar-refractivity contribution < 1.29 is 4.74 Å². The molecule has 0 spiro atoms. The second kappa shape index (κ2) is 3.57. The van der Waals surface area contributed by atoms with E-state index in [1.165, 1.54) is 6.42 Å². The van der Waals surface area contributed by atoms with E-state index < -0.39 is 0 Å². The normalized spacial score (nSPS) is 32.2. The van der Waals surface area contributed by atoms with E-state index in [0.29, 0.717) is 12.0 Å². The van der Waals surface area contributed by atoms with Gasteiger partial charge in [-0.1, -0.05) is 27.7 Å². The van der Waals surface area contributed by atoms with Crippen LogP contribution >= 0.6 is 0 Å². The molecule has 0 aromatic carbocycles. The molecule has 66 valence electrons. The smallest absolute Gasteiger partial charge is 0.0601 e. The summed E-state index contributed by atoms with van der Waals surface area (Å²) in [6.45, 7) is 10.1. The Balaban J connectivity index is 2.35. The van der Waals surface area contributed by atoms with Gasteiger partial charge in [-0.25, -0.2) is 0 Å². The fourth-order valence-corrected chi connectivity index (χ4v) is 1.61. The highest BCUT2D eigenvalue weighted by atomic mass is 16.5. The fraction of sp³-hybridized carbons (Fsp3) is 1.00. The van der Waals surface area contributed by atoms with Gasteiger partial charge in [-0.05, 0) is 24.2 Å². The first-order chi connectivity index (χ1) is 5.11. The van der Waals surface area contributed by atoms with Crippen LogP contribution in [0, 0.1) is 17.8 Å². The Morgan fingerprint density at radius 3 is 2.00 bits per heavy atom. The molecule has 0 radical (unpaired) electrons. The van der Waals surface area contributed by atoms with E-state index in [9.17, 15) is 0 Å². The van der Waals surface area contributed by atoms with E-state index in [1.807, 2.05) is 0 Å². The number of ether oxygens (including phenoxy) is 1. The van der Waals surface area contributed by atoms with Crippen molar-refractivity contribution in [3.63, 3.8) is 0 Å². The average Bonchev–Trinajstić information content (AvgIpc) is 2.33. The third-order valence-electron chi connectivity index (χ3n) is 2.75. The first-order valence-corrected chi connectivity index (χ1v) is 4.73. The lowest BCUT2D eigenvalue weighted by atomic mass is 9.90. The second-order valence-electron chi connectivity index (χ2n) is 4.36. The molecule has 1 heterocycles. The molecule has 1 heteroatoms. The number of hydrogen-bond acceptors (Lipinski definition) is 1. The van der Waals surface area contributed by atoms with Crippen molar-refractivity contribution in [3.05, 3.63) is 0 Å². The lowest BCUT2D eigenvalue weighted by Crippen LogP contribution is -2.13. The van der Waals surface area contributed by atoms with E-state index >= 15 is 0 Å². The molecule has 11 heavy (non-hydrogen) atoms. The monoisotopic (exact) mass is 156 g/mol. The van der Waals surface area contributed by atoms with Gasteiger partial charge in [-0.15, -0.1) is 0 Å². The van der Waals surface area contributed by atoms with Crippen molar-refractivity contribution in [1.82, 2.24) is 0 Å². The maximum Gasteiger partial charge on any atom is 0.0601 e. The summed E-state index contributed by atoms with van der Waals surface area (Å²) in [7, 11) is 0. The molecule has 0 aliphatic carbocycles. The molecule has 2 atom stereocenters. The molecule has 2 unspecified atom stereocenters. The van der Waals surface area contributed by atoms with Crippen LogP contribution in [0.3, 0.4) is 0 Å². The number of hydrogen-bond donors (Lipinski definition) is 0. The van der Waals surface area contributed by atoms with Crippen LogP contribution in [0.5, 0.6) is 0 Å². The van der Waals surface area contributed by atoms with Gasteiger partial charge in [0.25, 0.3) is 0 Å². The lowest BCUT2D eigenvalue weighted by Gasteiger charge is -2.14. The quantitative estimate of drug-likeness (QED) is 0.597. The summed E-state index contributed by atoms with van der Waals surface area (Å²) in [5.74, 6) is 2.29. The first kappa shape index (κ1) is 9.05.